The molecule has 5 heteroatoms. The Balaban J connectivity index is 2.25. The van der Waals surface area contributed by atoms with Crippen LogP contribution in [0.1, 0.15) is 13.8 Å². The molecule has 1 N–H and O–H groups in total. The maximum Gasteiger partial charge on any atom is 0.202 e. The van der Waals surface area contributed by atoms with Crippen LogP contribution in [0.15, 0.2) is 12.4 Å². The van der Waals surface area contributed by atoms with Crippen molar-refractivity contribution in [1.29, 1.82) is 0 Å². The molecule has 0 unspecified atom stereocenters. The number of aromatic nitrogens is 2. The summed E-state index contributed by atoms with van der Waals surface area (Å²) in [6.07, 6.45) is 3.76. The van der Waals surface area contributed by atoms with Gasteiger partial charge >= 0.3 is 0 Å². The van der Waals surface area contributed by atoms with Crippen molar-refractivity contribution < 1.29 is 9.47 Å². The Morgan fingerprint density at radius 2 is 2.18 bits per heavy atom. The van der Waals surface area contributed by atoms with Crippen LogP contribution in [0.3, 0.4) is 0 Å². The van der Waals surface area contributed by atoms with Gasteiger partial charge in [0, 0.05) is 32.6 Å². The smallest absolute Gasteiger partial charge is 0.202 e. The maximum absolute atomic E-state index is 5.43. The predicted molar refractivity (Wildman–Crippen MR) is 68.2 cm³/mol. The average molecular weight is 241 g/mol. The van der Waals surface area contributed by atoms with Gasteiger partial charge < -0.3 is 19.4 Å². The highest BCUT2D eigenvalue weighted by molar-refractivity contribution is 5.25. The molecule has 0 saturated heterocycles. The topological polar surface area (TPSA) is 48.3 Å². The minimum absolute atomic E-state index is 0.609. The van der Waals surface area contributed by atoms with Gasteiger partial charge in [-0.3, -0.25) is 0 Å². The Morgan fingerprint density at radius 1 is 1.35 bits per heavy atom. The number of methoxy groups -OCH3 is 1. The van der Waals surface area contributed by atoms with Crippen LogP contribution in [0.5, 0.6) is 0 Å². The average Bonchev–Trinajstić information content (AvgIpc) is 2.73. The van der Waals surface area contributed by atoms with E-state index in [9.17, 15) is 0 Å². The molecule has 0 amide bonds. The summed E-state index contributed by atoms with van der Waals surface area (Å²) in [5.41, 5.74) is 0. The number of nitrogens with one attached hydrogen (secondary N) is 1. The van der Waals surface area contributed by atoms with Gasteiger partial charge in [-0.15, -0.1) is 0 Å². The third-order valence-electron chi connectivity index (χ3n) is 2.29. The molecule has 5 nitrogen and oxygen atoms in total. The van der Waals surface area contributed by atoms with Gasteiger partial charge in [0.05, 0.1) is 19.8 Å². The highest BCUT2D eigenvalue weighted by Crippen LogP contribution is 2.05. The van der Waals surface area contributed by atoms with Crippen LogP contribution >= 0.6 is 0 Å². The van der Waals surface area contributed by atoms with Gasteiger partial charge in [0.15, 0.2) is 0 Å². The van der Waals surface area contributed by atoms with Gasteiger partial charge in [0.1, 0.15) is 0 Å². The molecule has 1 rings (SSSR count). The van der Waals surface area contributed by atoms with Crippen molar-refractivity contribution in [3.8, 4) is 0 Å². The molecule has 1 aromatic heterocycles. The van der Waals surface area contributed by atoms with Gasteiger partial charge in [0.2, 0.25) is 5.95 Å². The Hall–Kier alpha value is -1.07. The van der Waals surface area contributed by atoms with Crippen LogP contribution in [-0.2, 0) is 16.0 Å². The van der Waals surface area contributed by atoms with E-state index in [1.807, 2.05) is 6.20 Å². The minimum Gasteiger partial charge on any atom is -0.382 e. The summed E-state index contributed by atoms with van der Waals surface area (Å²) in [6, 6.07) is 0. The van der Waals surface area contributed by atoms with E-state index in [1.54, 1.807) is 13.3 Å². The molecule has 98 valence electrons. The quantitative estimate of drug-likeness (QED) is 0.667. The number of ether oxygens (including phenoxy) is 2. The van der Waals surface area contributed by atoms with E-state index < -0.39 is 0 Å². The van der Waals surface area contributed by atoms with Crippen LogP contribution in [0.2, 0.25) is 0 Å². The third kappa shape index (κ3) is 5.70. The first-order valence-electron chi connectivity index (χ1n) is 6.05. The molecular formula is C12H23N3O2. The predicted octanol–water partition coefficient (Wildman–Crippen LogP) is 1.61. The molecule has 0 aliphatic heterocycles. The molecule has 0 spiro atoms. The van der Waals surface area contributed by atoms with Crippen molar-refractivity contribution in [2.75, 3.05) is 38.8 Å². The highest BCUT2D eigenvalue weighted by Gasteiger charge is 2.02. The Morgan fingerprint density at radius 3 is 2.88 bits per heavy atom. The van der Waals surface area contributed by atoms with Crippen molar-refractivity contribution in [2.24, 2.45) is 5.92 Å². The van der Waals surface area contributed by atoms with Gasteiger partial charge in [-0.2, -0.15) is 0 Å². The van der Waals surface area contributed by atoms with E-state index >= 15 is 0 Å². The first-order chi connectivity index (χ1) is 8.24. The van der Waals surface area contributed by atoms with Gasteiger partial charge in [-0.05, 0) is 5.92 Å². The van der Waals surface area contributed by atoms with Crippen LogP contribution in [0.25, 0.3) is 0 Å². The number of imidazole rings is 1. The molecule has 0 saturated carbocycles. The minimum atomic E-state index is 0.609. The molecule has 1 aromatic rings. The van der Waals surface area contributed by atoms with E-state index in [1.165, 1.54) is 0 Å². The second-order valence-electron chi connectivity index (χ2n) is 4.32. The molecule has 0 bridgehead atoms. The van der Waals surface area contributed by atoms with Crippen LogP contribution in [-0.4, -0.2) is 43.0 Å². The van der Waals surface area contributed by atoms with Crippen molar-refractivity contribution in [3.63, 3.8) is 0 Å². The lowest BCUT2D eigenvalue weighted by atomic mass is 10.2. The normalized spacial score (nSPS) is 11.1. The monoisotopic (exact) mass is 241 g/mol. The zero-order valence-corrected chi connectivity index (χ0v) is 11.0. The molecule has 0 atom stereocenters. The lowest BCUT2D eigenvalue weighted by Crippen LogP contribution is -2.15. The fourth-order valence-electron chi connectivity index (χ4n) is 1.36. The zero-order chi connectivity index (χ0) is 12.5. The molecular weight excluding hydrogens is 218 g/mol. The SMILES string of the molecule is COCCOCCn1ccnc1NCC(C)C. The summed E-state index contributed by atoms with van der Waals surface area (Å²) in [6.45, 7) is 8.05. The Labute approximate surface area is 103 Å². The van der Waals surface area contributed by atoms with E-state index in [2.05, 4.69) is 28.7 Å². The van der Waals surface area contributed by atoms with Gasteiger partial charge in [-0.1, -0.05) is 13.8 Å². The Bertz CT molecular complexity index is 300. The van der Waals surface area contributed by atoms with Crippen LogP contribution in [0.4, 0.5) is 5.95 Å². The largest absolute Gasteiger partial charge is 0.382 e. The van der Waals surface area contributed by atoms with Crippen molar-refractivity contribution in [3.05, 3.63) is 12.4 Å². The first-order valence-corrected chi connectivity index (χ1v) is 6.05. The summed E-state index contributed by atoms with van der Waals surface area (Å²) in [4.78, 5) is 4.27. The van der Waals surface area contributed by atoms with E-state index in [4.69, 9.17) is 9.47 Å². The standard InChI is InChI=1S/C12H23N3O2/c1-11(2)10-14-12-13-4-5-15(12)6-7-17-9-8-16-3/h4-5,11H,6-10H2,1-3H3,(H,13,14). The lowest BCUT2D eigenvalue weighted by molar-refractivity contribution is 0.0668. The highest BCUT2D eigenvalue weighted by atomic mass is 16.5. The van der Waals surface area contributed by atoms with Gasteiger partial charge in [0.25, 0.3) is 0 Å². The zero-order valence-electron chi connectivity index (χ0n) is 11.0. The molecule has 0 fully saturated rings. The summed E-state index contributed by atoms with van der Waals surface area (Å²) in [5.74, 6) is 1.52. The fraction of sp³-hybridized carbons (Fsp3) is 0.750. The number of hydrogen-bond acceptors (Lipinski definition) is 4. The van der Waals surface area contributed by atoms with Crippen LogP contribution < -0.4 is 5.32 Å². The summed E-state index contributed by atoms with van der Waals surface area (Å²) < 4.78 is 12.4. The van der Waals surface area contributed by atoms with Gasteiger partial charge in [-0.25, -0.2) is 4.98 Å². The van der Waals surface area contributed by atoms with E-state index in [0.717, 1.165) is 19.0 Å². The molecule has 17 heavy (non-hydrogen) atoms. The molecule has 0 aliphatic rings. The summed E-state index contributed by atoms with van der Waals surface area (Å²) in [5, 5.41) is 3.32. The third-order valence-corrected chi connectivity index (χ3v) is 2.29. The number of nitrogens with zero attached hydrogens (tertiary/aromatic N) is 2. The number of hydrogen-bond donors (Lipinski definition) is 1. The number of rotatable bonds is 9. The fourth-order valence-corrected chi connectivity index (χ4v) is 1.36. The maximum atomic E-state index is 5.43. The van der Waals surface area contributed by atoms with E-state index in [-0.39, 0.29) is 0 Å². The number of anilines is 1. The second-order valence-corrected chi connectivity index (χ2v) is 4.32. The second kappa shape index (κ2) is 8.08. The molecule has 0 aliphatic carbocycles. The lowest BCUT2D eigenvalue weighted by Gasteiger charge is -2.11. The summed E-state index contributed by atoms with van der Waals surface area (Å²) in [7, 11) is 1.67. The van der Waals surface area contributed by atoms with Crippen molar-refractivity contribution in [2.45, 2.75) is 20.4 Å². The van der Waals surface area contributed by atoms with Crippen molar-refractivity contribution >= 4 is 5.95 Å². The molecule has 0 aromatic carbocycles. The first kappa shape index (κ1) is 14.0. The Kier molecular flexibility index (Phi) is 6.65. The molecule has 1 heterocycles. The van der Waals surface area contributed by atoms with Crippen LogP contribution in [0, 0.1) is 5.92 Å². The van der Waals surface area contributed by atoms with Crippen molar-refractivity contribution in [1.82, 2.24) is 9.55 Å². The molecule has 0 radical (unpaired) electrons. The summed E-state index contributed by atoms with van der Waals surface area (Å²) >= 11 is 0. The van der Waals surface area contributed by atoms with E-state index in [0.29, 0.717) is 25.7 Å².